The SMILES string of the molecule is C=CCOC(=O)N1CC[C@@H](N)[C@@H](C(=O)O)C1. The average molecular weight is 228 g/mol. The molecular formula is C10H16N2O4. The largest absolute Gasteiger partial charge is 0.481 e. The highest BCUT2D eigenvalue weighted by Crippen LogP contribution is 2.16. The van der Waals surface area contributed by atoms with E-state index in [4.69, 9.17) is 15.6 Å². The second-order valence-electron chi connectivity index (χ2n) is 3.71. The van der Waals surface area contributed by atoms with Crippen LogP contribution in [0.25, 0.3) is 0 Å². The Labute approximate surface area is 93.7 Å². The molecule has 90 valence electrons. The summed E-state index contributed by atoms with van der Waals surface area (Å²) in [5, 5.41) is 8.91. The second-order valence-corrected chi connectivity index (χ2v) is 3.71. The number of nitrogens with two attached hydrogens (primary N) is 1. The molecule has 0 aliphatic carbocycles. The molecule has 0 unspecified atom stereocenters. The number of aliphatic carboxylic acids is 1. The van der Waals surface area contributed by atoms with Crippen molar-refractivity contribution in [2.45, 2.75) is 12.5 Å². The number of carbonyl (C=O) groups is 2. The van der Waals surface area contributed by atoms with Crippen LogP contribution in [0.4, 0.5) is 4.79 Å². The summed E-state index contributed by atoms with van der Waals surface area (Å²) >= 11 is 0. The maximum atomic E-state index is 11.5. The minimum atomic E-state index is -0.978. The number of nitrogens with zero attached hydrogens (tertiary/aromatic N) is 1. The van der Waals surface area contributed by atoms with Gasteiger partial charge in [-0.05, 0) is 6.42 Å². The summed E-state index contributed by atoms with van der Waals surface area (Å²) in [4.78, 5) is 23.7. The van der Waals surface area contributed by atoms with Crippen molar-refractivity contribution in [2.24, 2.45) is 11.7 Å². The van der Waals surface area contributed by atoms with Crippen molar-refractivity contribution in [1.29, 1.82) is 0 Å². The Bertz CT molecular complexity index is 293. The van der Waals surface area contributed by atoms with Crippen molar-refractivity contribution in [3.63, 3.8) is 0 Å². The van der Waals surface area contributed by atoms with Gasteiger partial charge in [-0.15, -0.1) is 0 Å². The minimum absolute atomic E-state index is 0.104. The first-order valence-corrected chi connectivity index (χ1v) is 5.07. The van der Waals surface area contributed by atoms with Gasteiger partial charge in [0.2, 0.25) is 0 Å². The molecule has 1 aliphatic heterocycles. The van der Waals surface area contributed by atoms with E-state index in [2.05, 4.69) is 6.58 Å². The third-order valence-corrected chi connectivity index (χ3v) is 2.57. The van der Waals surface area contributed by atoms with E-state index < -0.39 is 24.0 Å². The number of hydrogen-bond donors (Lipinski definition) is 2. The molecule has 0 radical (unpaired) electrons. The average Bonchev–Trinajstić information content (AvgIpc) is 2.26. The molecule has 0 aromatic heterocycles. The topological polar surface area (TPSA) is 92.9 Å². The van der Waals surface area contributed by atoms with Crippen molar-refractivity contribution in [3.8, 4) is 0 Å². The zero-order chi connectivity index (χ0) is 12.1. The van der Waals surface area contributed by atoms with Crippen molar-refractivity contribution in [1.82, 2.24) is 4.90 Å². The number of rotatable bonds is 3. The van der Waals surface area contributed by atoms with Crippen molar-refractivity contribution >= 4 is 12.1 Å². The lowest BCUT2D eigenvalue weighted by molar-refractivity contribution is -0.143. The number of carboxylic acids is 1. The first-order valence-electron chi connectivity index (χ1n) is 5.07. The van der Waals surface area contributed by atoms with Gasteiger partial charge in [-0.3, -0.25) is 4.79 Å². The van der Waals surface area contributed by atoms with E-state index >= 15 is 0 Å². The Morgan fingerprint density at radius 1 is 1.62 bits per heavy atom. The van der Waals surface area contributed by atoms with Crippen LogP contribution in [0.2, 0.25) is 0 Å². The molecule has 0 aromatic rings. The third-order valence-electron chi connectivity index (χ3n) is 2.57. The first kappa shape index (κ1) is 12.5. The predicted molar refractivity (Wildman–Crippen MR) is 56.8 cm³/mol. The maximum Gasteiger partial charge on any atom is 0.410 e. The molecule has 0 spiro atoms. The molecule has 1 rings (SSSR count). The molecule has 1 amide bonds. The molecule has 3 N–H and O–H groups in total. The van der Waals surface area contributed by atoms with Crippen molar-refractivity contribution < 1.29 is 19.4 Å². The lowest BCUT2D eigenvalue weighted by Gasteiger charge is -2.33. The van der Waals surface area contributed by atoms with Gasteiger partial charge < -0.3 is 20.5 Å². The molecule has 0 saturated carbocycles. The van der Waals surface area contributed by atoms with E-state index in [0.717, 1.165) is 0 Å². The predicted octanol–water partition coefficient (Wildman–Crippen LogP) is 0.0428. The lowest BCUT2D eigenvalue weighted by Crippen LogP contribution is -2.52. The fraction of sp³-hybridized carbons (Fsp3) is 0.600. The van der Waals surface area contributed by atoms with Crippen LogP contribution in [0.1, 0.15) is 6.42 Å². The standard InChI is InChI=1S/C10H16N2O4/c1-2-5-16-10(15)12-4-3-8(11)7(6-12)9(13)14/h2,7-8H,1,3-6,11H2,(H,13,14)/t7-,8+/m0/s1. The number of piperidine rings is 1. The maximum absolute atomic E-state index is 11.5. The van der Waals surface area contributed by atoms with E-state index in [1.54, 1.807) is 0 Å². The van der Waals surface area contributed by atoms with Crippen LogP contribution >= 0.6 is 0 Å². The fourth-order valence-electron chi connectivity index (χ4n) is 1.62. The van der Waals surface area contributed by atoms with Gasteiger partial charge in [-0.2, -0.15) is 0 Å². The van der Waals surface area contributed by atoms with E-state index in [-0.39, 0.29) is 13.2 Å². The number of likely N-dealkylation sites (tertiary alicyclic amines) is 1. The molecule has 0 bridgehead atoms. The molecule has 1 aliphatic rings. The first-order chi connectivity index (χ1) is 7.56. The van der Waals surface area contributed by atoms with Crippen molar-refractivity contribution in [3.05, 3.63) is 12.7 Å². The van der Waals surface area contributed by atoms with Crippen LogP contribution in [0, 0.1) is 5.92 Å². The van der Waals surface area contributed by atoms with Gasteiger partial charge in [0, 0.05) is 19.1 Å². The summed E-state index contributed by atoms with van der Waals surface area (Å²) in [6.45, 7) is 4.08. The summed E-state index contributed by atoms with van der Waals surface area (Å²) in [6, 6.07) is -0.402. The quantitative estimate of drug-likeness (QED) is 0.665. The molecule has 1 heterocycles. The number of carboxylic acid groups (broad SMARTS) is 1. The Morgan fingerprint density at radius 2 is 2.31 bits per heavy atom. The van der Waals surface area contributed by atoms with Gasteiger partial charge in [0.15, 0.2) is 0 Å². The Hall–Kier alpha value is -1.56. The monoisotopic (exact) mass is 228 g/mol. The van der Waals surface area contributed by atoms with Crippen LogP contribution < -0.4 is 5.73 Å². The van der Waals surface area contributed by atoms with Crippen LogP contribution in [-0.4, -0.2) is 47.8 Å². The summed E-state index contributed by atoms with van der Waals surface area (Å²) in [5.74, 6) is -1.70. The van der Waals surface area contributed by atoms with Gasteiger partial charge in [-0.1, -0.05) is 12.7 Å². The Kier molecular flexibility index (Phi) is 4.30. The summed E-state index contributed by atoms with van der Waals surface area (Å²) in [7, 11) is 0. The fourth-order valence-corrected chi connectivity index (χ4v) is 1.62. The van der Waals surface area contributed by atoms with Gasteiger partial charge in [0.1, 0.15) is 6.61 Å². The van der Waals surface area contributed by atoms with Gasteiger partial charge in [-0.25, -0.2) is 4.79 Å². The smallest absolute Gasteiger partial charge is 0.410 e. The number of ether oxygens (including phenoxy) is 1. The Morgan fingerprint density at radius 3 is 2.88 bits per heavy atom. The minimum Gasteiger partial charge on any atom is -0.481 e. The van der Waals surface area contributed by atoms with Gasteiger partial charge >= 0.3 is 12.1 Å². The molecule has 1 fully saturated rings. The molecule has 16 heavy (non-hydrogen) atoms. The van der Waals surface area contributed by atoms with Gasteiger partial charge in [0.25, 0.3) is 0 Å². The van der Waals surface area contributed by atoms with Gasteiger partial charge in [0.05, 0.1) is 5.92 Å². The summed E-state index contributed by atoms with van der Waals surface area (Å²) in [5.41, 5.74) is 5.67. The van der Waals surface area contributed by atoms with Crippen molar-refractivity contribution in [2.75, 3.05) is 19.7 Å². The zero-order valence-electron chi connectivity index (χ0n) is 8.96. The molecular weight excluding hydrogens is 212 g/mol. The molecule has 1 saturated heterocycles. The van der Waals surface area contributed by atoms with Crippen LogP contribution in [0.5, 0.6) is 0 Å². The lowest BCUT2D eigenvalue weighted by atomic mass is 9.93. The van der Waals surface area contributed by atoms with Crippen LogP contribution in [0.3, 0.4) is 0 Å². The van der Waals surface area contributed by atoms with Crippen LogP contribution in [0.15, 0.2) is 12.7 Å². The highest BCUT2D eigenvalue weighted by Gasteiger charge is 2.34. The summed E-state index contributed by atoms with van der Waals surface area (Å²) < 4.78 is 4.83. The molecule has 2 atom stereocenters. The van der Waals surface area contributed by atoms with E-state index in [1.807, 2.05) is 0 Å². The number of carbonyl (C=O) groups excluding carboxylic acids is 1. The normalized spacial score (nSPS) is 24.9. The zero-order valence-corrected chi connectivity index (χ0v) is 8.96. The van der Waals surface area contributed by atoms with Crippen LogP contribution in [-0.2, 0) is 9.53 Å². The molecule has 0 aromatic carbocycles. The van der Waals surface area contributed by atoms with E-state index in [1.165, 1.54) is 11.0 Å². The van der Waals surface area contributed by atoms with E-state index in [0.29, 0.717) is 13.0 Å². The highest BCUT2D eigenvalue weighted by atomic mass is 16.6. The number of amides is 1. The number of hydrogen-bond acceptors (Lipinski definition) is 4. The highest BCUT2D eigenvalue weighted by molar-refractivity contribution is 5.74. The third kappa shape index (κ3) is 2.96. The summed E-state index contributed by atoms with van der Waals surface area (Å²) in [6.07, 6.45) is 1.42. The van der Waals surface area contributed by atoms with E-state index in [9.17, 15) is 9.59 Å². The second kappa shape index (κ2) is 5.50. The molecule has 6 heteroatoms. The Balaban J connectivity index is 2.54. The molecule has 6 nitrogen and oxygen atoms in total.